The number of nitro groups is 1. The summed E-state index contributed by atoms with van der Waals surface area (Å²) < 4.78 is 2.03. The Morgan fingerprint density at radius 1 is 1.38 bits per heavy atom. The Hall–Kier alpha value is -2.34. The molecule has 0 aliphatic heterocycles. The van der Waals surface area contributed by atoms with Gasteiger partial charge in [-0.25, -0.2) is 4.98 Å². The Morgan fingerprint density at radius 2 is 2.08 bits per heavy atom. The topological polar surface area (TPSA) is 81.2 Å². The van der Waals surface area contributed by atoms with Gasteiger partial charge in [-0.05, 0) is 18.1 Å². The average Bonchev–Trinajstić information content (AvgIpc) is 2.86. The maximum atomic E-state index is 10.8. The van der Waals surface area contributed by atoms with E-state index in [4.69, 9.17) is 16.7 Å². The second kappa shape index (κ2) is 8.49. The lowest BCUT2D eigenvalue weighted by molar-refractivity contribution is -0.384. The number of hydrogen-bond donors (Lipinski definition) is 1. The van der Waals surface area contributed by atoms with Gasteiger partial charge in [0.2, 0.25) is 0 Å². The van der Waals surface area contributed by atoms with Crippen LogP contribution < -0.4 is 0 Å². The van der Waals surface area contributed by atoms with Crippen LogP contribution in [0.1, 0.15) is 36.8 Å². The molecule has 0 aliphatic carbocycles. The Kier molecular flexibility index (Phi) is 6.37. The first-order chi connectivity index (χ1) is 11.6. The van der Waals surface area contributed by atoms with Crippen LogP contribution in [0.4, 0.5) is 5.69 Å². The molecular weight excluding hydrogens is 330 g/mol. The molecule has 0 atom stereocenters. The van der Waals surface area contributed by atoms with E-state index < -0.39 is 4.92 Å². The normalized spacial score (nSPS) is 11.2. The monoisotopic (exact) mass is 349 g/mol. The molecule has 0 saturated heterocycles. The van der Waals surface area contributed by atoms with Gasteiger partial charge in [0.15, 0.2) is 5.15 Å². The summed E-state index contributed by atoms with van der Waals surface area (Å²) in [5.74, 6) is 0.890. The molecule has 0 radical (unpaired) electrons. The van der Waals surface area contributed by atoms with Crippen LogP contribution in [0.5, 0.6) is 0 Å². The second-order valence-corrected chi connectivity index (χ2v) is 5.83. The van der Waals surface area contributed by atoms with E-state index in [-0.39, 0.29) is 5.69 Å². The van der Waals surface area contributed by atoms with Crippen LogP contribution in [0.25, 0.3) is 0 Å². The van der Waals surface area contributed by atoms with Gasteiger partial charge < -0.3 is 9.67 Å². The van der Waals surface area contributed by atoms with Crippen LogP contribution in [0.15, 0.2) is 36.6 Å². The number of benzene rings is 1. The number of halogens is 1. The minimum Gasteiger partial charge on any atom is -0.516 e. The van der Waals surface area contributed by atoms with Crippen LogP contribution in [0.3, 0.4) is 0 Å². The quantitative estimate of drug-likeness (QED) is 0.433. The predicted octanol–water partition coefficient (Wildman–Crippen LogP) is 4.45. The molecule has 1 aromatic carbocycles. The summed E-state index contributed by atoms with van der Waals surface area (Å²) in [4.78, 5) is 14.8. The van der Waals surface area contributed by atoms with Crippen LogP contribution in [0, 0.1) is 10.1 Å². The number of hydrogen-bond acceptors (Lipinski definition) is 4. The van der Waals surface area contributed by atoms with Gasteiger partial charge in [-0.2, -0.15) is 0 Å². The zero-order chi connectivity index (χ0) is 17.5. The largest absolute Gasteiger partial charge is 0.516 e. The van der Waals surface area contributed by atoms with Crippen molar-refractivity contribution in [1.82, 2.24) is 9.55 Å². The van der Waals surface area contributed by atoms with Gasteiger partial charge in [-0.3, -0.25) is 10.1 Å². The lowest BCUT2D eigenvalue weighted by Gasteiger charge is -2.11. The van der Waals surface area contributed by atoms with Gasteiger partial charge in [0, 0.05) is 31.5 Å². The fourth-order valence-corrected chi connectivity index (χ4v) is 2.76. The highest BCUT2D eigenvalue weighted by Gasteiger charge is 2.15. The smallest absolute Gasteiger partial charge is 0.269 e. The third-order valence-electron chi connectivity index (χ3n) is 3.76. The summed E-state index contributed by atoms with van der Waals surface area (Å²) >= 11 is 6.26. The Morgan fingerprint density at radius 3 is 2.67 bits per heavy atom. The first kappa shape index (κ1) is 18.0. The summed E-state index contributed by atoms with van der Waals surface area (Å²) in [5, 5.41) is 20.1. The minimum atomic E-state index is -0.415. The van der Waals surface area contributed by atoms with Crippen molar-refractivity contribution in [1.29, 1.82) is 0 Å². The van der Waals surface area contributed by atoms with Gasteiger partial charge in [0.05, 0.1) is 16.9 Å². The lowest BCUT2D eigenvalue weighted by atomic mass is 10.2. The number of aliphatic hydroxyl groups excluding tert-OH is 1. The lowest BCUT2D eigenvalue weighted by Crippen LogP contribution is -2.09. The molecular formula is C17H20ClN3O3. The van der Waals surface area contributed by atoms with Crippen LogP contribution >= 0.6 is 11.6 Å². The number of aryl methyl sites for hydroxylation is 1. The molecule has 0 bridgehead atoms. The number of imidazole rings is 1. The molecule has 0 amide bonds. The number of nitrogens with zero attached hydrogens (tertiary/aromatic N) is 3. The number of rotatable bonds is 8. The third kappa shape index (κ3) is 4.35. The highest BCUT2D eigenvalue weighted by Crippen LogP contribution is 2.22. The maximum Gasteiger partial charge on any atom is 0.269 e. The first-order valence-electron chi connectivity index (χ1n) is 7.83. The molecule has 0 fully saturated rings. The molecule has 1 N–H and O–H groups in total. The van der Waals surface area contributed by atoms with Gasteiger partial charge in [0.25, 0.3) is 5.69 Å². The molecule has 0 spiro atoms. The highest BCUT2D eigenvalue weighted by molar-refractivity contribution is 6.30. The van der Waals surface area contributed by atoms with E-state index in [9.17, 15) is 10.1 Å². The van der Waals surface area contributed by atoms with E-state index in [1.165, 1.54) is 12.1 Å². The molecule has 2 rings (SSSR count). The average molecular weight is 350 g/mol. The maximum absolute atomic E-state index is 10.8. The first-order valence-corrected chi connectivity index (χ1v) is 8.21. The van der Waals surface area contributed by atoms with E-state index in [1.807, 2.05) is 4.57 Å². The van der Waals surface area contributed by atoms with Gasteiger partial charge >= 0.3 is 0 Å². The van der Waals surface area contributed by atoms with Crippen LogP contribution in [0.2, 0.25) is 5.15 Å². The molecule has 24 heavy (non-hydrogen) atoms. The second-order valence-electron chi connectivity index (χ2n) is 5.47. The molecule has 0 saturated carbocycles. The van der Waals surface area contributed by atoms with Crippen molar-refractivity contribution in [3.8, 4) is 0 Å². The van der Waals surface area contributed by atoms with Crippen molar-refractivity contribution >= 4 is 17.3 Å². The third-order valence-corrected chi connectivity index (χ3v) is 4.06. The number of nitro benzene ring substituents is 1. The van der Waals surface area contributed by atoms with Crippen molar-refractivity contribution in [3.63, 3.8) is 0 Å². The summed E-state index contributed by atoms with van der Waals surface area (Å²) in [6.07, 6.45) is 5.94. The van der Waals surface area contributed by atoms with E-state index in [0.29, 0.717) is 18.1 Å². The molecule has 7 heteroatoms. The van der Waals surface area contributed by atoms with Crippen LogP contribution in [-0.4, -0.2) is 19.6 Å². The van der Waals surface area contributed by atoms with E-state index >= 15 is 0 Å². The molecule has 128 valence electrons. The minimum absolute atomic E-state index is 0.0667. The summed E-state index contributed by atoms with van der Waals surface area (Å²) in [5.41, 5.74) is 1.82. The Labute approximate surface area is 145 Å². The van der Waals surface area contributed by atoms with E-state index in [0.717, 1.165) is 42.6 Å². The van der Waals surface area contributed by atoms with E-state index in [1.54, 1.807) is 18.2 Å². The molecule has 1 aromatic heterocycles. The number of non-ortho nitro benzene ring substituents is 1. The van der Waals surface area contributed by atoms with E-state index in [2.05, 4.69) is 11.9 Å². The summed E-state index contributed by atoms with van der Waals surface area (Å²) in [7, 11) is 0. The summed E-state index contributed by atoms with van der Waals surface area (Å²) in [6.45, 7) is 2.64. The van der Waals surface area contributed by atoms with Crippen molar-refractivity contribution < 1.29 is 10.0 Å². The number of unbranched alkanes of at least 4 members (excludes halogenated alkanes) is 1. The van der Waals surface area contributed by atoms with Crippen LogP contribution in [-0.2, 0) is 19.4 Å². The van der Waals surface area contributed by atoms with Crippen molar-refractivity contribution in [2.75, 3.05) is 0 Å². The SMILES string of the molecule is CCCCc1nc(Cl)c(C/C=C\O)n1Cc1ccc([N+](=O)[O-])cc1. The molecule has 6 nitrogen and oxygen atoms in total. The predicted molar refractivity (Wildman–Crippen MR) is 93.5 cm³/mol. The fraction of sp³-hybridized carbons (Fsp3) is 0.353. The molecule has 1 heterocycles. The standard InChI is InChI=1S/C17H20ClN3O3/c1-2-3-6-16-19-17(18)15(5-4-11-22)20(16)12-13-7-9-14(10-8-13)21(23)24/h4,7-11,22H,2-3,5-6,12H2,1H3/b11-4-. The molecule has 0 unspecified atom stereocenters. The zero-order valence-electron chi connectivity index (χ0n) is 13.5. The fourth-order valence-electron chi connectivity index (χ4n) is 2.48. The van der Waals surface area contributed by atoms with Gasteiger partial charge in [0.1, 0.15) is 5.82 Å². The number of aliphatic hydroxyl groups is 1. The van der Waals surface area contributed by atoms with Crippen molar-refractivity contribution in [2.45, 2.75) is 39.2 Å². The summed E-state index contributed by atoms with van der Waals surface area (Å²) in [6, 6.07) is 6.46. The zero-order valence-corrected chi connectivity index (χ0v) is 14.2. The van der Waals surface area contributed by atoms with Gasteiger partial charge in [-0.15, -0.1) is 0 Å². The number of allylic oxidation sites excluding steroid dienone is 1. The molecule has 0 aliphatic rings. The molecule has 2 aromatic rings. The number of aromatic nitrogens is 2. The van der Waals surface area contributed by atoms with Gasteiger partial charge in [-0.1, -0.05) is 37.1 Å². The Balaban J connectivity index is 2.32. The highest BCUT2D eigenvalue weighted by atomic mass is 35.5. The van der Waals surface area contributed by atoms with Crippen molar-refractivity contribution in [2.24, 2.45) is 0 Å². The Bertz CT molecular complexity index is 723. The van der Waals surface area contributed by atoms with Crippen molar-refractivity contribution in [3.05, 3.63) is 69.0 Å².